The summed E-state index contributed by atoms with van der Waals surface area (Å²) in [6.07, 6.45) is 1.78. The lowest BCUT2D eigenvalue weighted by Gasteiger charge is -2.20. The first-order valence-electron chi connectivity index (χ1n) is 6.97. The predicted octanol–water partition coefficient (Wildman–Crippen LogP) is 3.80. The molecule has 0 aliphatic carbocycles. The number of carbonyl (C=O) groups is 1. The van der Waals surface area contributed by atoms with Crippen LogP contribution < -0.4 is 0 Å². The Balaban J connectivity index is 1.98. The number of oxime groups is 2. The first-order valence-corrected chi connectivity index (χ1v) is 7.35. The zero-order valence-corrected chi connectivity index (χ0v) is 13.8. The van der Waals surface area contributed by atoms with Crippen LogP contribution in [0.5, 0.6) is 0 Å². The van der Waals surface area contributed by atoms with Crippen molar-refractivity contribution >= 4 is 29.5 Å². The molecule has 2 rings (SSSR count). The summed E-state index contributed by atoms with van der Waals surface area (Å²) in [5.41, 5.74) is 0.197. The summed E-state index contributed by atoms with van der Waals surface area (Å²) in [6.45, 7) is 7.69. The molecule has 1 aliphatic rings. The fourth-order valence-electron chi connectivity index (χ4n) is 1.86. The molecule has 118 valence electrons. The maximum atomic E-state index is 12.1. The fraction of sp³-hybridized carbons (Fsp3) is 0.438. The van der Waals surface area contributed by atoms with Crippen LogP contribution >= 0.6 is 11.6 Å². The zero-order chi connectivity index (χ0) is 16.4. The second-order valence-corrected chi connectivity index (χ2v) is 6.83. The third kappa shape index (κ3) is 3.65. The first kappa shape index (κ1) is 16.5. The average molecular weight is 323 g/mol. The van der Waals surface area contributed by atoms with Crippen molar-refractivity contribution < 1.29 is 14.5 Å². The number of benzene rings is 1. The number of nitrogens with zero attached hydrogens (tertiary/aromatic N) is 2. The summed E-state index contributed by atoms with van der Waals surface area (Å²) in [5, 5.41) is 8.23. The Bertz CT molecular complexity index is 635. The van der Waals surface area contributed by atoms with E-state index in [9.17, 15) is 4.79 Å². The number of rotatable bonds is 3. The average Bonchev–Trinajstić information content (AvgIpc) is 2.85. The molecule has 0 saturated heterocycles. The summed E-state index contributed by atoms with van der Waals surface area (Å²) in [5.74, 6) is -0.584. The molecule has 1 unspecified atom stereocenters. The molecule has 0 spiro atoms. The third-order valence-corrected chi connectivity index (χ3v) is 3.74. The smallest absolute Gasteiger partial charge is 0.377 e. The SMILES string of the molecule is CC(C)(C)C1=NOC(C)(C(=O)O/N=C/c2ccccc2Cl)C1. The Kier molecular flexibility index (Phi) is 4.56. The molecule has 0 bridgehead atoms. The highest BCUT2D eigenvalue weighted by atomic mass is 35.5. The zero-order valence-electron chi connectivity index (χ0n) is 13.1. The minimum absolute atomic E-state index is 0.154. The van der Waals surface area contributed by atoms with E-state index in [2.05, 4.69) is 10.3 Å². The van der Waals surface area contributed by atoms with Crippen molar-refractivity contribution in [1.29, 1.82) is 0 Å². The highest BCUT2D eigenvalue weighted by Gasteiger charge is 2.46. The lowest BCUT2D eigenvalue weighted by molar-refractivity contribution is -0.167. The van der Waals surface area contributed by atoms with Crippen molar-refractivity contribution in [3.8, 4) is 0 Å². The van der Waals surface area contributed by atoms with Gasteiger partial charge in [0.25, 0.3) is 0 Å². The van der Waals surface area contributed by atoms with E-state index < -0.39 is 11.6 Å². The molecule has 1 aliphatic heterocycles. The molecule has 1 aromatic carbocycles. The van der Waals surface area contributed by atoms with E-state index in [0.717, 1.165) is 5.71 Å². The Morgan fingerprint density at radius 1 is 1.45 bits per heavy atom. The van der Waals surface area contributed by atoms with Gasteiger partial charge in [-0.25, -0.2) is 4.79 Å². The van der Waals surface area contributed by atoms with Gasteiger partial charge < -0.3 is 9.68 Å². The summed E-state index contributed by atoms with van der Waals surface area (Å²) >= 11 is 5.99. The van der Waals surface area contributed by atoms with Crippen molar-refractivity contribution in [3.05, 3.63) is 34.9 Å². The molecule has 1 aromatic rings. The lowest BCUT2D eigenvalue weighted by Crippen LogP contribution is -2.37. The Labute approximate surface area is 134 Å². The second kappa shape index (κ2) is 6.08. The minimum Gasteiger partial charge on any atom is -0.377 e. The minimum atomic E-state index is -1.14. The molecule has 5 nitrogen and oxygen atoms in total. The largest absolute Gasteiger partial charge is 0.381 e. The normalized spacial score (nSPS) is 21.6. The summed E-state index contributed by atoms with van der Waals surface area (Å²) in [6, 6.07) is 7.13. The van der Waals surface area contributed by atoms with Crippen LogP contribution in [0.4, 0.5) is 0 Å². The van der Waals surface area contributed by atoms with Crippen molar-refractivity contribution in [1.82, 2.24) is 0 Å². The molecule has 0 fully saturated rings. The molecule has 0 amide bonds. The predicted molar refractivity (Wildman–Crippen MR) is 86.1 cm³/mol. The highest BCUT2D eigenvalue weighted by Crippen LogP contribution is 2.32. The third-order valence-electron chi connectivity index (χ3n) is 3.39. The molecule has 1 heterocycles. The summed E-state index contributed by atoms with van der Waals surface area (Å²) in [7, 11) is 0. The number of carbonyl (C=O) groups excluding carboxylic acids is 1. The number of halogens is 1. The molecule has 22 heavy (non-hydrogen) atoms. The topological polar surface area (TPSA) is 60.2 Å². The second-order valence-electron chi connectivity index (χ2n) is 6.42. The highest BCUT2D eigenvalue weighted by molar-refractivity contribution is 6.33. The first-order chi connectivity index (χ1) is 10.2. The van der Waals surface area contributed by atoms with Crippen molar-refractivity contribution in [2.75, 3.05) is 0 Å². The number of hydrogen-bond donors (Lipinski definition) is 0. The molecular weight excluding hydrogens is 304 g/mol. The maximum Gasteiger partial charge on any atom is 0.381 e. The van der Waals surface area contributed by atoms with Gasteiger partial charge in [-0.15, -0.1) is 0 Å². The van der Waals surface area contributed by atoms with Gasteiger partial charge in [0.15, 0.2) is 0 Å². The lowest BCUT2D eigenvalue weighted by atomic mass is 9.84. The molecule has 0 saturated carbocycles. The van der Waals surface area contributed by atoms with Gasteiger partial charge in [0.05, 0.1) is 11.9 Å². The van der Waals surface area contributed by atoms with Crippen LogP contribution in [-0.2, 0) is 14.5 Å². The van der Waals surface area contributed by atoms with Gasteiger partial charge in [-0.1, -0.05) is 60.9 Å². The van der Waals surface area contributed by atoms with Crippen molar-refractivity contribution in [2.24, 2.45) is 15.7 Å². The van der Waals surface area contributed by atoms with Crippen LogP contribution in [0.15, 0.2) is 34.6 Å². The summed E-state index contributed by atoms with van der Waals surface area (Å²) in [4.78, 5) is 22.4. The van der Waals surface area contributed by atoms with Crippen LogP contribution in [0, 0.1) is 5.41 Å². The monoisotopic (exact) mass is 322 g/mol. The van der Waals surface area contributed by atoms with E-state index in [1.807, 2.05) is 32.9 Å². The Morgan fingerprint density at radius 3 is 2.73 bits per heavy atom. The molecule has 0 radical (unpaired) electrons. The van der Waals surface area contributed by atoms with Gasteiger partial charge in [0, 0.05) is 22.4 Å². The van der Waals surface area contributed by atoms with Gasteiger partial charge in [0.2, 0.25) is 5.60 Å². The van der Waals surface area contributed by atoms with Gasteiger partial charge in [-0.3, -0.25) is 0 Å². The van der Waals surface area contributed by atoms with Crippen molar-refractivity contribution in [2.45, 2.75) is 39.7 Å². The van der Waals surface area contributed by atoms with E-state index in [-0.39, 0.29) is 5.41 Å². The molecule has 0 N–H and O–H groups in total. The van der Waals surface area contributed by atoms with Crippen molar-refractivity contribution in [3.63, 3.8) is 0 Å². The van der Waals surface area contributed by atoms with E-state index in [1.54, 1.807) is 19.1 Å². The van der Waals surface area contributed by atoms with Gasteiger partial charge >= 0.3 is 5.97 Å². The molecule has 6 heteroatoms. The standard InChI is InChI=1S/C16H19ClN2O3/c1-15(2,3)13-9-16(4,22-19-13)14(20)21-18-10-11-7-5-6-8-12(11)17/h5-8,10H,9H2,1-4H3/b18-10+. The van der Waals surface area contributed by atoms with E-state index >= 15 is 0 Å². The molecule has 0 aromatic heterocycles. The Hall–Kier alpha value is -1.88. The van der Waals surface area contributed by atoms with Crippen LogP contribution in [0.1, 0.15) is 39.7 Å². The van der Waals surface area contributed by atoms with Gasteiger partial charge in [0.1, 0.15) is 0 Å². The van der Waals surface area contributed by atoms with E-state index in [1.165, 1.54) is 6.21 Å². The van der Waals surface area contributed by atoms with Crippen LogP contribution in [0.3, 0.4) is 0 Å². The maximum absolute atomic E-state index is 12.1. The van der Waals surface area contributed by atoms with E-state index in [4.69, 9.17) is 21.3 Å². The van der Waals surface area contributed by atoms with Crippen LogP contribution in [-0.4, -0.2) is 23.5 Å². The molecule has 1 atom stereocenters. The van der Waals surface area contributed by atoms with E-state index in [0.29, 0.717) is 17.0 Å². The quantitative estimate of drug-likeness (QED) is 0.483. The molecular formula is C16H19ClN2O3. The number of hydrogen-bond acceptors (Lipinski definition) is 5. The van der Waals surface area contributed by atoms with Crippen LogP contribution in [0.25, 0.3) is 0 Å². The van der Waals surface area contributed by atoms with Gasteiger partial charge in [-0.2, -0.15) is 0 Å². The fourth-order valence-corrected chi connectivity index (χ4v) is 2.04. The van der Waals surface area contributed by atoms with Crippen LogP contribution in [0.2, 0.25) is 5.02 Å². The Morgan fingerprint density at radius 2 is 2.14 bits per heavy atom. The summed E-state index contributed by atoms with van der Waals surface area (Å²) < 4.78 is 0. The van der Waals surface area contributed by atoms with Gasteiger partial charge in [-0.05, 0) is 13.0 Å².